The monoisotopic (exact) mass is 246 g/mol. The molecule has 0 bridgehead atoms. The van der Waals surface area contributed by atoms with Gasteiger partial charge in [0.2, 0.25) is 5.91 Å². The maximum Gasteiger partial charge on any atom is 0.238 e. The third-order valence-electron chi connectivity index (χ3n) is 3.04. The molecule has 0 radical (unpaired) electrons. The second kappa shape index (κ2) is 5.23. The van der Waals surface area contributed by atoms with E-state index in [2.05, 4.69) is 0 Å². The number of rotatable bonds is 4. The van der Waals surface area contributed by atoms with E-state index >= 15 is 0 Å². The van der Waals surface area contributed by atoms with E-state index in [1.165, 1.54) is 0 Å². The first-order valence-corrected chi connectivity index (χ1v) is 6.05. The highest BCUT2D eigenvalue weighted by atomic mass is 16.3. The fourth-order valence-electron chi connectivity index (χ4n) is 1.97. The second-order valence-electron chi connectivity index (χ2n) is 4.56. The van der Waals surface area contributed by atoms with Crippen molar-refractivity contribution < 1.29 is 9.21 Å². The number of likely N-dealkylation sites (N-methyl/N-ethyl adjacent to an activating group) is 1. The Morgan fingerprint density at radius 3 is 2.89 bits per heavy atom. The van der Waals surface area contributed by atoms with Gasteiger partial charge in [-0.1, -0.05) is 18.2 Å². The van der Waals surface area contributed by atoms with Gasteiger partial charge in [-0.25, -0.2) is 0 Å². The summed E-state index contributed by atoms with van der Waals surface area (Å²) in [6.45, 7) is 2.34. The Kier molecular flexibility index (Phi) is 3.67. The summed E-state index contributed by atoms with van der Waals surface area (Å²) in [6.07, 6.45) is 2.53. The molecule has 0 aliphatic carbocycles. The van der Waals surface area contributed by atoms with Crippen molar-refractivity contribution in [2.45, 2.75) is 19.4 Å². The Bertz CT molecular complexity index is 545. The van der Waals surface area contributed by atoms with Crippen LogP contribution in [0.3, 0.4) is 0 Å². The zero-order chi connectivity index (χ0) is 13.1. The Labute approximate surface area is 106 Å². The van der Waals surface area contributed by atoms with Crippen molar-refractivity contribution in [1.82, 2.24) is 4.90 Å². The highest BCUT2D eigenvalue weighted by Crippen LogP contribution is 2.21. The van der Waals surface area contributed by atoms with Crippen LogP contribution in [0, 0.1) is 0 Å². The molecule has 4 heteroatoms. The van der Waals surface area contributed by atoms with Crippen LogP contribution in [0.25, 0.3) is 11.0 Å². The fraction of sp³-hybridized carbons (Fsp3) is 0.357. The first kappa shape index (κ1) is 12.6. The molecule has 0 aliphatic heterocycles. The van der Waals surface area contributed by atoms with Crippen LogP contribution < -0.4 is 5.73 Å². The van der Waals surface area contributed by atoms with E-state index in [-0.39, 0.29) is 5.91 Å². The van der Waals surface area contributed by atoms with Gasteiger partial charge < -0.3 is 15.1 Å². The molecular weight excluding hydrogens is 228 g/mol. The van der Waals surface area contributed by atoms with Crippen LogP contribution in [0.4, 0.5) is 0 Å². The van der Waals surface area contributed by atoms with Gasteiger partial charge in [0, 0.05) is 19.0 Å². The van der Waals surface area contributed by atoms with Crippen molar-refractivity contribution in [3.8, 4) is 0 Å². The van der Waals surface area contributed by atoms with E-state index < -0.39 is 6.04 Å². The summed E-state index contributed by atoms with van der Waals surface area (Å²) >= 11 is 0. The van der Waals surface area contributed by atoms with Crippen LogP contribution >= 0.6 is 0 Å². The number of para-hydroxylation sites is 1. The number of carbonyl (C=O) groups is 1. The molecule has 2 rings (SSSR count). The minimum absolute atomic E-state index is 0.0391. The number of fused-ring (bicyclic) bond motifs is 1. The summed E-state index contributed by atoms with van der Waals surface area (Å²) in [4.78, 5) is 13.3. The minimum Gasteiger partial charge on any atom is -0.464 e. The summed E-state index contributed by atoms with van der Waals surface area (Å²) in [6, 6.07) is 7.45. The maximum absolute atomic E-state index is 11.6. The molecule has 1 unspecified atom stereocenters. The normalized spacial score (nSPS) is 12.6. The Balaban J connectivity index is 2.04. The lowest BCUT2D eigenvalue weighted by atomic mass is 10.1. The number of benzene rings is 1. The van der Waals surface area contributed by atoms with Gasteiger partial charge in [-0.2, -0.15) is 0 Å². The van der Waals surface area contributed by atoms with Crippen LogP contribution in [-0.4, -0.2) is 30.4 Å². The fourth-order valence-corrected chi connectivity index (χ4v) is 1.97. The van der Waals surface area contributed by atoms with Crippen molar-refractivity contribution in [1.29, 1.82) is 0 Å². The van der Waals surface area contributed by atoms with E-state index in [1.807, 2.05) is 24.3 Å². The lowest BCUT2D eigenvalue weighted by molar-refractivity contribution is -0.130. The van der Waals surface area contributed by atoms with Gasteiger partial charge in [0.15, 0.2) is 0 Å². The molecule has 1 aromatic carbocycles. The van der Waals surface area contributed by atoms with Crippen molar-refractivity contribution in [3.63, 3.8) is 0 Å². The third kappa shape index (κ3) is 2.54. The quantitative estimate of drug-likeness (QED) is 0.894. The number of amides is 1. The van der Waals surface area contributed by atoms with Crippen LogP contribution in [0.15, 0.2) is 34.9 Å². The number of nitrogens with two attached hydrogens (primary N) is 1. The predicted octanol–water partition coefficient (Wildman–Crippen LogP) is 1.78. The van der Waals surface area contributed by atoms with Crippen LogP contribution in [0.5, 0.6) is 0 Å². The van der Waals surface area contributed by atoms with Gasteiger partial charge in [0.1, 0.15) is 5.58 Å². The van der Waals surface area contributed by atoms with E-state index in [0.717, 1.165) is 23.0 Å². The largest absolute Gasteiger partial charge is 0.464 e. The Morgan fingerprint density at radius 2 is 2.17 bits per heavy atom. The van der Waals surface area contributed by atoms with Crippen LogP contribution in [-0.2, 0) is 11.2 Å². The average molecular weight is 246 g/mol. The van der Waals surface area contributed by atoms with Gasteiger partial charge in [-0.3, -0.25) is 4.79 Å². The Morgan fingerprint density at radius 1 is 1.44 bits per heavy atom. The molecule has 1 heterocycles. The number of furan rings is 1. The van der Waals surface area contributed by atoms with Crippen molar-refractivity contribution >= 4 is 16.9 Å². The second-order valence-corrected chi connectivity index (χ2v) is 4.56. The van der Waals surface area contributed by atoms with E-state index in [0.29, 0.717) is 6.54 Å². The Hall–Kier alpha value is -1.81. The molecule has 0 fully saturated rings. The lowest BCUT2D eigenvalue weighted by Crippen LogP contribution is -2.40. The molecule has 4 nitrogen and oxygen atoms in total. The summed E-state index contributed by atoms with van der Waals surface area (Å²) in [5.41, 5.74) is 7.57. The number of hydrogen-bond acceptors (Lipinski definition) is 3. The average Bonchev–Trinajstić information content (AvgIpc) is 2.78. The molecule has 96 valence electrons. The number of hydrogen-bond donors (Lipinski definition) is 1. The van der Waals surface area contributed by atoms with Crippen molar-refractivity contribution in [2.75, 3.05) is 13.6 Å². The van der Waals surface area contributed by atoms with Gasteiger partial charge in [0.05, 0.1) is 12.3 Å². The van der Waals surface area contributed by atoms with E-state index in [9.17, 15) is 4.79 Å². The molecular formula is C14H18N2O2. The van der Waals surface area contributed by atoms with Crippen molar-refractivity contribution in [2.24, 2.45) is 5.73 Å². The predicted molar refractivity (Wildman–Crippen MR) is 71.2 cm³/mol. The zero-order valence-corrected chi connectivity index (χ0v) is 10.7. The summed E-state index contributed by atoms with van der Waals surface area (Å²) in [7, 11) is 1.77. The van der Waals surface area contributed by atoms with Gasteiger partial charge in [-0.15, -0.1) is 0 Å². The topological polar surface area (TPSA) is 59.5 Å². The molecule has 18 heavy (non-hydrogen) atoms. The van der Waals surface area contributed by atoms with Crippen molar-refractivity contribution in [3.05, 3.63) is 36.1 Å². The standard InChI is InChI=1S/C14H18N2O2/c1-10(15)14(17)16(2)8-7-11-9-18-13-6-4-3-5-12(11)13/h3-6,9-10H,7-8,15H2,1-2H3. The first-order chi connectivity index (χ1) is 8.59. The maximum atomic E-state index is 11.6. The van der Waals surface area contributed by atoms with Crippen LogP contribution in [0.1, 0.15) is 12.5 Å². The molecule has 2 N–H and O–H groups in total. The van der Waals surface area contributed by atoms with Gasteiger partial charge >= 0.3 is 0 Å². The van der Waals surface area contributed by atoms with Gasteiger partial charge in [-0.05, 0) is 25.0 Å². The number of nitrogens with zero attached hydrogens (tertiary/aromatic N) is 1. The SMILES string of the molecule is CC(N)C(=O)N(C)CCc1coc2ccccc12. The molecule has 1 atom stereocenters. The summed E-state index contributed by atoms with van der Waals surface area (Å²) in [5.74, 6) is -0.0391. The molecule has 0 aliphatic rings. The number of carbonyl (C=O) groups excluding carboxylic acids is 1. The minimum atomic E-state index is -0.448. The highest BCUT2D eigenvalue weighted by Gasteiger charge is 2.14. The molecule has 0 saturated carbocycles. The first-order valence-electron chi connectivity index (χ1n) is 6.05. The van der Waals surface area contributed by atoms with E-state index in [4.69, 9.17) is 10.2 Å². The van der Waals surface area contributed by atoms with Gasteiger partial charge in [0.25, 0.3) is 0 Å². The summed E-state index contributed by atoms with van der Waals surface area (Å²) in [5, 5.41) is 1.11. The lowest BCUT2D eigenvalue weighted by Gasteiger charge is -2.18. The molecule has 1 aromatic heterocycles. The zero-order valence-electron chi connectivity index (χ0n) is 10.7. The molecule has 2 aromatic rings. The highest BCUT2D eigenvalue weighted by molar-refractivity contribution is 5.82. The summed E-state index contributed by atoms with van der Waals surface area (Å²) < 4.78 is 5.46. The van der Waals surface area contributed by atoms with E-state index in [1.54, 1.807) is 25.1 Å². The molecule has 1 amide bonds. The smallest absolute Gasteiger partial charge is 0.238 e. The molecule has 0 saturated heterocycles. The van der Waals surface area contributed by atoms with Crippen LogP contribution in [0.2, 0.25) is 0 Å². The molecule has 0 spiro atoms. The third-order valence-corrected chi connectivity index (χ3v) is 3.04.